The van der Waals surface area contributed by atoms with E-state index < -0.39 is 0 Å². The van der Waals surface area contributed by atoms with E-state index in [-0.39, 0.29) is 45.5 Å². The van der Waals surface area contributed by atoms with Crippen LogP contribution in [0.5, 0.6) is 5.75 Å². The maximum Gasteiger partial charge on any atom is 0.275 e. The van der Waals surface area contributed by atoms with E-state index in [1.165, 1.54) is 13.3 Å². The van der Waals surface area contributed by atoms with Crippen LogP contribution in [0.1, 0.15) is 16.2 Å². The summed E-state index contributed by atoms with van der Waals surface area (Å²) < 4.78 is 10.7. The molecule has 3 aromatic heterocycles. The van der Waals surface area contributed by atoms with E-state index in [0.717, 1.165) is 0 Å². The number of aromatic nitrogens is 5. The number of aromatic amines is 2. The second-order valence-electron chi connectivity index (χ2n) is 7.90. The Hall–Kier alpha value is -4.67. The van der Waals surface area contributed by atoms with Gasteiger partial charge in [-0.3, -0.25) is 19.8 Å². The number of H-pyrrole nitrogens is 2. The minimum absolute atomic E-state index is 0.0382. The number of methoxy groups -OCH3 is 1. The summed E-state index contributed by atoms with van der Waals surface area (Å²) in [5.74, 6) is 0.494. The van der Waals surface area contributed by atoms with Gasteiger partial charge in [0.15, 0.2) is 28.6 Å². The summed E-state index contributed by atoms with van der Waals surface area (Å²) in [6.07, 6.45) is 1.34. The van der Waals surface area contributed by atoms with Crippen molar-refractivity contribution in [1.29, 1.82) is 5.26 Å². The first kappa shape index (κ1) is 24.0. The molecular formula is C23H20ClN9O4. The molecular weight excluding hydrogens is 502 g/mol. The lowest BCUT2D eigenvalue weighted by Gasteiger charge is -2.26. The van der Waals surface area contributed by atoms with Gasteiger partial charge in [0, 0.05) is 19.2 Å². The minimum atomic E-state index is -0.384. The summed E-state index contributed by atoms with van der Waals surface area (Å²) in [5, 5.41) is 21.7. The molecule has 0 saturated carbocycles. The number of nitriles is 1. The largest absolute Gasteiger partial charge is 0.493 e. The van der Waals surface area contributed by atoms with Crippen LogP contribution in [0.15, 0.2) is 35.3 Å². The van der Waals surface area contributed by atoms with Crippen molar-refractivity contribution in [3.05, 3.63) is 57.2 Å². The number of hydrogen-bond acceptors (Lipinski definition) is 10. The molecule has 13 nitrogen and oxygen atoms in total. The molecule has 0 radical (unpaired) electrons. The molecule has 14 heteroatoms. The Kier molecular flexibility index (Phi) is 6.59. The quantitative estimate of drug-likeness (QED) is 0.295. The molecule has 0 bridgehead atoms. The number of carbonyl (C=O) groups is 1. The fraction of sp³-hybridized carbons (Fsp3) is 0.217. The predicted octanol–water partition coefficient (Wildman–Crippen LogP) is 2.53. The lowest BCUT2D eigenvalue weighted by Crippen LogP contribution is -2.41. The third-order valence-electron chi connectivity index (χ3n) is 5.62. The van der Waals surface area contributed by atoms with Crippen molar-refractivity contribution < 1.29 is 14.3 Å². The Morgan fingerprint density at radius 2 is 2.00 bits per heavy atom. The van der Waals surface area contributed by atoms with E-state index in [1.54, 1.807) is 29.2 Å². The van der Waals surface area contributed by atoms with Crippen LogP contribution in [0.25, 0.3) is 11.0 Å². The average molecular weight is 522 g/mol. The molecule has 1 saturated heterocycles. The molecule has 1 aliphatic heterocycles. The van der Waals surface area contributed by atoms with E-state index in [2.05, 4.69) is 35.8 Å². The highest BCUT2D eigenvalue weighted by atomic mass is 35.5. The van der Waals surface area contributed by atoms with Crippen molar-refractivity contribution in [1.82, 2.24) is 30.0 Å². The number of ether oxygens (including phenoxy) is 2. The monoisotopic (exact) mass is 521 g/mol. The number of benzene rings is 1. The van der Waals surface area contributed by atoms with Gasteiger partial charge in [-0.2, -0.15) is 5.26 Å². The van der Waals surface area contributed by atoms with Gasteiger partial charge in [0.05, 0.1) is 42.9 Å². The number of nitrogens with zero attached hydrogens (tertiary/aromatic N) is 5. The van der Waals surface area contributed by atoms with Crippen molar-refractivity contribution in [2.75, 3.05) is 44.0 Å². The molecule has 0 unspecified atom stereocenters. The second kappa shape index (κ2) is 10.1. The molecule has 0 spiro atoms. The van der Waals surface area contributed by atoms with Gasteiger partial charge in [0.1, 0.15) is 17.3 Å². The fourth-order valence-corrected chi connectivity index (χ4v) is 4.15. The number of amides is 1. The molecule has 0 atom stereocenters. The van der Waals surface area contributed by atoms with Crippen LogP contribution in [0, 0.1) is 11.3 Å². The standard InChI is InChI=1S/C23H20ClN9O4/c1-36-20-12(24)3-2-4-13(20)27-14-9-16(30-21-18(14)22(34)32-31-21)29-17-11-26-19(15(10-25)28-17)23(35)33-5-7-37-8-6-33/h2-4,9,11H,5-8H2,1H3,(H4,27,28,29,30,31,32,34). The van der Waals surface area contributed by atoms with Gasteiger partial charge in [-0.1, -0.05) is 17.7 Å². The van der Waals surface area contributed by atoms with E-state index in [4.69, 9.17) is 21.1 Å². The van der Waals surface area contributed by atoms with Crippen molar-refractivity contribution in [3.63, 3.8) is 0 Å². The van der Waals surface area contributed by atoms with Gasteiger partial charge >= 0.3 is 0 Å². The molecule has 4 aromatic rings. The van der Waals surface area contributed by atoms with Crippen molar-refractivity contribution in [2.45, 2.75) is 0 Å². The number of morpholine rings is 1. The zero-order chi connectivity index (χ0) is 25.9. The van der Waals surface area contributed by atoms with Crippen molar-refractivity contribution in [2.24, 2.45) is 0 Å². The number of anilines is 4. The zero-order valence-corrected chi connectivity index (χ0v) is 20.2. The Morgan fingerprint density at radius 3 is 2.76 bits per heavy atom. The number of hydrogen-bond donors (Lipinski definition) is 4. The second-order valence-corrected chi connectivity index (χ2v) is 8.30. The molecule has 1 fully saturated rings. The molecule has 0 aliphatic carbocycles. The SMILES string of the molecule is COc1c(Cl)cccc1Nc1cc(Nc2cnc(C(=O)N3CCOCC3)c(C#N)n2)nc2[nH][nH]c(=O)c12. The van der Waals surface area contributed by atoms with Gasteiger partial charge in [-0.05, 0) is 12.1 Å². The maximum atomic E-state index is 12.8. The summed E-state index contributed by atoms with van der Waals surface area (Å²) in [6, 6.07) is 8.70. The molecule has 5 rings (SSSR count). The highest BCUT2D eigenvalue weighted by Gasteiger charge is 2.24. The van der Waals surface area contributed by atoms with Crippen LogP contribution in [-0.4, -0.2) is 69.4 Å². The van der Waals surface area contributed by atoms with Gasteiger partial charge in [-0.25, -0.2) is 15.0 Å². The zero-order valence-electron chi connectivity index (χ0n) is 19.5. The summed E-state index contributed by atoms with van der Waals surface area (Å²) in [4.78, 5) is 39.7. The Bertz CT molecular complexity index is 1590. The van der Waals surface area contributed by atoms with Crippen LogP contribution in [0.3, 0.4) is 0 Å². The first-order chi connectivity index (χ1) is 18.0. The number of halogens is 1. The molecule has 1 aliphatic rings. The third-order valence-corrected chi connectivity index (χ3v) is 5.91. The number of fused-ring (bicyclic) bond motifs is 1. The number of para-hydroxylation sites is 1. The highest BCUT2D eigenvalue weighted by Crippen LogP contribution is 2.36. The first-order valence-electron chi connectivity index (χ1n) is 11.1. The Morgan fingerprint density at radius 1 is 1.19 bits per heavy atom. The van der Waals surface area contributed by atoms with Gasteiger partial charge < -0.3 is 25.0 Å². The van der Waals surface area contributed by atoms with Crippen LogP contribution >= 0.6 is 11.6 Å². The van der Waals surface area contributed by atoms with Gasteiger partial charge in [0.2, 0.25) is 0 Å². The Labute approximate surface area is 214 Å². The molecule has 4 heterocycles. The minimum Gasteiger partial charge on any atom is -0.493 e. The van der Waals surface area contributed by atoms with Crippen LogP contribution in [0.2, 0.25) is 5.02 Å². The predicted molar refractivity (Wildman–Crippen MR) is 135 cm³/mol. The van der Waals surface area contributed by atoms with Crippen LogP contribution in [-0.2, 0) is 4.74 Å². The molecule has 4 N–H and O–H groups in total. The first-order valence-corrected chi connectivity index (χ1v) is 11.5. The van der Waals surface area contributed by atoms with Gasteiger partial charge in [0.25, 0.3) is 11.5 Å². The van der Waals surface area contributed by atoms with E-state index in [9.17, 15) is 14.9 Å². The fourth-order valence-electron chi connectivity index (χ4n) is 3.90. The lowest BCUT2D eigenvalue weighted by molar-refractivity contribution is 0.0298. The smallest absolute Gasteiger partial charge is 0.275 e. The summed E-state index contributed by atoms with van der Waals surface area (Å²) in [6.45, 7) is 1.68. The molecule has 1 aromatic carbocycles. The lowest BCUT2D eigenvalue weighted by atomic mass is 10.2. The molecule has 37 heavy (non-hydrogen) atoms. The number of nitrogens with one attached hydrogen (secondary N) is 4. The van der Waals surface area contributed by atoms with Crippen LogP contribution < -0.4 is 20.9 Å². The van der Waals surface area contributed by atoms with Crippen molar-refractivity contribution >= 4 is 51.6 Å². The maximum absolute atomic E-state index is 12.8. The van der Waals surface area contributed by atoms with E-state index in [1.807, 2.05) is 6.07 Å². The Balaban J connectivity index is 1.48. The number of pyridine rings is 1. The van der Waals surface area contributed by atoms with Crippen LogP contribution in [0.4, 0.5) is 23.0 Å². The summed E-state index contributed by atoms with van der Waals surface area (Å²) in [7, 11) is 1.49. The van der Waals surface area contributed by atoms with Gasteiger partial charge in [-0.15, -0.1) is 0 Å². The van der Waals surface area contributed by atoms with E-state index >= 15 is 0 Å². The topological polar surface area (TPSA) is 174 Å². The van der Waals surface area contributed by atoms with E-state index in [0.29, 0.717) is 48.5 Å². The summed E-state index contributed by atoms with van der Waals surface area (Å²) >= 11 is 6.24. The molecule has 188 valence electrons. The summed E-state index contributed by atoms with van der Waals surface area (Å²) in [5.41, 5.74) is 0.666. The average Bonchev–Trinajstić information content (AvgIpc) is 3.29. The molecule has 1 amide bonds. The third kappa shape index (κ3) is 4.75. The number of carbonyl (C=O) groups excluding carboxylic acids is 1. The number of rotatable bonds is 6. The normalized spacial score (nSPS) is 13.3. The highest BCUT2D eigenvalue weighted by molar-refractivity contribution is 6.32. The van der Waals surface area contributed by atoms with Crippen molar-refractivity contribution in [3.8, 4) is 11.8 Å².